The van der Waals surface area contributed by atoms with Gasteiger partial charge < -0.3 is 5.32 Å². The molecule has 1 aliphatic rings. The minimum Gasteiger partial charge on any atom is -0.315 e. The Hall–Kier alpha value is -0.950. The molecule has 1 fully saturated rings. The average Bonchev–Trinajstić information content (AvgIpc) is 2.75. The molecule has 0 bridgehead atoms. The van der Waals surface area contributed by atoms with E-state index in [4.69, 9.17) is 0 Å². The van der Waals surface area contributed by atoms with Crippen LogP contribution in [0.25, 0.3) is 10.1 Å². The van der Waals surface area contributed by atoms with Crippen LogP contribution in [0.15, 0.2) is 29.2 Å². The molecule has 0 spiro atoms. The molecule has 0 unspecified atom stereocenters. The lowest BCUT2D eigenvalue weighted by Gasteiger charge is -2.33. The Morgan fingerprint density at radius 3 is 2.67 bits per heavy atom. The fourth-order valence-corrected chi connectivity index (χ4v) is 6.05. The summed E-state index contributed by atoms with van der Waals surface area (Å²) in [6.45, 7) is 0.576. The van der Waals surface area contributed by atoms with Gasteiger partial charge >= 0.3 is 0 Å². The molecule has 1 saturated carbocycles. The summed E-state index contributed by atoms with van der Waals surface area (Å²) in [5, 5.41) is 3.93. The maximum atomic E-state index is 13.0. The first kappa shape index (κ1) is 15.0. The molecule has 4 nitrogen and oxygen atoms in total. The summed E-state index contributed by atoms with van der Waals surface area (Å²) in [6.07, 6.45) is 3.07. The lowest BCUT2D eigenvalue weighted by molar-refractivity contribution is 0.250. The quantitative estimate of drug-likeness (QED) is 0.920. The first-order valence-electron chi connectivity index (χ1n) is 7.18. The van der Waals surface area contributed by atoms with Crippen molar-refractivity contribution >= 4 is 31.4 Å². The zero-order chi connectivity index (χ0) is 15.0. The van der Waals surface area contributed by atoms with Gasteiger partial charge in [-0.3, -0.25) is 0 Å². The molecule has 1 aromatic heterocycles. The van der Waals surface area contributed by atoms with Gasteiger partial charge in [-0.15, -0.1) is 11.3 Å². The van der Waals surface area contributed by atoms with Gasteiger partial charge in [0.2, 0.25) is 10.0 Å². The van der Waals surface area contributed by atoms with Crippen molar-refractivity contribution in [1.82, 2.24) is 9.62 Å². The van der Waals surface area contributed by atoms with E-state index in [1.54, 1.807) is 22.7 Å². The molecule has 0 amide bonds. The number of rotatable bonds is 5. The summed E-state index contributed by atoms with van der Waals surface area (Å²) >= 11 is 1.56. The van der Waals surface area contributed by atoms with E-state index in [0.29, 0.717) is 11.4 Å². The third-order valence-corrected chi connectivity index (χ3v) is 7.52. The van der Waals surface area contributed by atoms with Crippen molar-refractivity contribution in [2.45, 2.75) is 36.7 Å². The topological polar surface area (TPSA) is 49.4 Å². The monoisotopic (exact) mass is 324 g/mol. The Morgan fingerprint density at radius 1 is 1.33 bits per heavy atom. The second-order valence-corrected chi connectivity index (χ2v) is 8.56. The predicted molar refractivity (Wildman–Crippen MR) is 87.2 cm³/mol. The second kappa shape index (κ2) is 5.68. The van der Waals surface area contributed by atoms with Gasteiger partial charge in [-0.2, -0.15) is 4.31 Å². The molecule has 1 aliphatic carbocycles. The number of nitrogens with zero attached hydrogens (tertiary/aromatic N) is 1. The standard InChI is InChI=1S/C15H20N2O2S2/c1-16-10-14-15(12-8-3-4-9-13(12)20-14)21(18,19)17(2)11-6-5-7-11/h3-4,8-9,11,16H,5-7,10H2,1-2H3. The molecular formula is C15H20N2O2S2. The van der Waals surface area contributed by atoms with Crippen LogP contribution in [0.4, 0.5) is 0 Å². The van der Waals surface area contributed by atoms with Gasteiger partial charge in [-0.05, 0) is 26.0 Å². The number of hydrogen-bond donors (Lipinski definition) is 1. The molecule has 0 atom stereocenters. The predicted octanol–water partition coefficient (Wildman–Crippen LogP) is 2.79. The lowest BCUT2D eigenvalue weighted by atomic mass is 9.94. The molecule has 0 saturated heterocycles. The molecular weight excluding hydrogens is 304 g/mol. The van der Waals surface area contributed by atoms with E-state index < -0.39 is 10.0 Å². The van der Waals surface area contributed by atoms with Gasteiger partial charge in [-0.25, -0.2) is 8.42 Å². The lowest BCUT2D eigenvalue weighted by Crippen LogP contribution is -2.41. The number of benzene rings is 1. The van der Waals surface area contributed by atoms with Crippen molar-refractivity contribution in [3.8, 4) is 0 Å². The minimum absolute atomic E-state index is 0.163. The van der Waals surface area contributed by atoms with Gasteiger partial charge in [0, 0.05) is 34.6 Å². The molecule has 21 heavy (non-hydrogen) atoms. The van der Waals surface area contributed by atoms with E-state index >= 15 is 0 Å². The van der Waals surface area contributed by atoms with Gasteiger partial charge in [0.15, 0.2) is 0 Å². The highest BCUT2D eigenvalue weighted by molar-refractivity contribution is 7.89. The highest BCUT2D eigenvalue weighted by Crippen LogP contribution is 2.38. The minimum atomic E-state index is -3.43. The van der Waals surface area contributed by atoms with E-state index in [2.05, 4.69) is 5.32 Å². The molecule has 114 valence electrons. The van der Waals surface area contributed by atoms with Crippen molar-refractivity contribution in [1.29, 1.82) is 0 Å². The molecule has 6 heteroatoms. The number of fused-ring (bicyclic) bond motifs is 1. The van der Waals surface area contributed by atoms with Crippen LogP contribution in [0, 0.1) is 0 Å². The fraction of sp³-hybridized carbons (Fsp3) is 0.467. The zero-order valence-electron chi connectivity index (χ0n) is 12.3. The highest BCUT2D eigenvalue weighted by atomic mass is 32.2. The fourth-order valence-electron chi connectivity index (χ4n) is 2.72. The molecule has 0 aliphatic heterocycles. The molecule has 1 aromatic carbocycles. The largest absolute Gasteiger partial charge is 0.315 e. The normalized spacial score (nSPS) is 16.5. The summed E-state index contributed by atoms with van der Waals surface area (Å²) in [6, 6.07) is 7.92. The molecule has 3 rings (SSSR count). The summed E-state index contributed by atoms with van der Waals surface area (Å²) in [7, 11) is 0.129. The van der Waals surface area contributed by atoms with Crippen LogP contribution in [-0.4, -0.2) is 32.9 Å². The smallest absolute Gasteiger partial charge is 0.244 e. The van der Waals surface area contributed by atoms with Gasteiger partial charge in [0.05, 0.1) is 0 Å². The van der Waals surface area contributed by atoms with Crippen LogP contribution in [0.3, 0.4) is 0 Å². The van der Waals surface area contributed by atoms with Gasteiger partial charge in [-0.1, -0.05) is 24.6 Å². The summed E-state index contributed by atoms with van der Waals surface area (Å²) in [5.41, 5.74) is 0. The number of hydrogen-bond acceptors (Lipinski definition) is 4. The summed E-state index contributed by atoms with van der Waals surface area (Å²) < 4.78 is 28.7. The highest BCUT2D eigenvalue weighted by Gasteiger charge is 2.34. The Balaban J connectivity index is 2.15. The Kier molecular flexibility index (Phi) is 4.05. The maximum Gasteiger partial charge on any atom is 0.244 e. The number of thiophene rings is 1. The van der Waals surface area contributed by atoms with Crippen molar-refractivity contribution in [2.24, 2.45) is 0 Å². The Bertz CT molecular complexity index is 748. The van der Waals surface area contributed by atoms with Crippen molar-refractivity contribution < 1.29 is 8.42 Å². The van der Waals surface area contributed by atoms with Crippen molar-refractivity contribution in [3.05, 3.63) is 29.1 Å². The Morgan fingerprint density at radius 2 is 2.05 bits per heavy atom. The first-order valence-corrected chi connectivity index (χ1v) is 9.44. The van der Waals surface area contributed by atoms with Crippen molar-refractivity contribution in [3.63, 3.8) is 0 Å². The number of sulfonamides is 1. The van der Waals surface area contributed by atoms with Crippen molar-refractivity contribution in [2.75, 3.05) is 14.1 Å². The second-order valence-electron chi connectivity index (χ2n) is 5.49. The van der Waals surface area contributed by atoms with Gasteiger partial charge in [0.1, 0.15) is 4.90 Å². The molecule has 0 radical (unpaired) electrons. The summed E-state index contributed by atoms with van der Waals surface area (Å²) in [4.78, 5) is 1.39. The van der Waals surface area contributed by atoms with E-state index in [1.807, 2.05) is 31.3 Å². The van der Waals surface area contributed by atoms with Crippen LogP contribution < -0.4 is 5.32 Å². The van der Waals surface area contributed by atoms with E-state index in [-0.39, 0.29) is 6.04 Å². The molecule has 1 heterocycles. The zero-order valence-corrected chi connectivity index (χ0v) is 13.9. The van der Waals surface area contributed by atoms with Gasteiger partial charge in [0.25, 0.3) is 0 Å². The van der Waals surface area contributed by atoms with E-state index in [9.17, 15) is 8.42 Å². The average molecular weight is 324 g/mol. The SMILES string of the molecule is CNCc1sc2ccccc2c1S(=O)(=O)N(C)C1CCC1. The summed E-state index contributed by atoms with van der Waals surface area (Å²) in [5.74, 6) is 0. The van der Waals surface area contributed by atoms with Crippen LogP contribution in [0.1, 0.15) is 24.1 Å². The first-order chi connectivity index (χ1) is 10.1. The van der Waals surface area contributed by atoms with Crippen LogP contribution in [-0.2, 0) is 16.6 Å². The third kappa shape index (κ3) is 2.50. The number of nitrogens with one attached hydrogen (secondary N) is 1. The van der Waals surface area contributed by atoms with Crippen LogP contribution in [0.5, 0.6) is 0 Å². The van der Waals surface area contributed by atoms with E-state index in [0.717, 1.165) is 34.2 Å². The molecule has 2 aromatic rings. The van der Waals surface area contributed by atoms with Crippen LogP contribution >= 0.6 is 11.3 Å². The third-order valence-electron chi connectivity index (χ3n) is 4.18. The maximum absolute atomic E-state index is 13.0. The molecule has 1 N–H and O–H groups in total. The Labute approximate surface area is 129 Å². The van der Waals surface area contributed by atoms with E-state index in [1.165, 1.54) is 0 Å². The van der Waals surface area contributed by atoms with Crippen LogP contribution in [0.2, 0.25) is 0 Å².